The predicted octanol–water partition coefficient (Wildman–Crippen LogP) is 5.64. The molecule has 3 aromatic rings. The molecule has 0 saturated heterocycles. The van der Waals surface area contributed by atoms with Gasteiger partial charge in [-0.2, -0.15) is 0 Å². The molecule has 0 unspecified atom stereocenters. The molecule has 2 saturated carbocycles. The first-order chi connectivity index (χ1) is 20.2. The zero-order valence-electron chi connectivity index (χ0n) is 24.3. The highest BCUT2D eigenvalue weighted by atomic mass is 16.5. The molecule has 0 bridgehead atoms. The lowest BCUT2D eigenvalue weighted by molar-refractivity contribution is -0.142. The van der Waals surface area contributed by atoms with E-state index in [1.807, 2.05) is 55.6 Å². The van der Waals surface area contributed by atoms with Gasteiger partial charge in [0.15, 0.2) is 5.41 Å². The van der Waals surface area contributed by atoms with Crippen LogP contribution in [0.2, 0.25) is 0 Å². The molecule has 0 aromatic heterocycles. The van der Waals surface area contributed by atoms with Crippen LogP contribution in [0.4, 0.5) is 11.4 Å². The van der Waals surface area contributed by atoms with Crippen LogP contribution in [0.3, 0.4) is 0 Å². The highest BCUT2D eigenvalue weighted by Crippen LogP contribution is 2.68. The fourth-order valence-electron chi connectivity index (χ4n) is 10.3. The highest BCUT2D eigenvalue weighted by molar-refractivity contribution is 6.20. The maximum Gasteiger partial charge on any atom is 0.277 e. The van der Waals surface area contributed by atoms with Crippen LogP contribution in [-0.2, 0) is 31.8 Å². The maximum absolute atomic E-state index is 14.9. The zero-order chi connectivity index (χ0) is 28.8. The summed E-state index contributed by atoms with van der Waals surface area (Å²) < 4.78 is 7.00. The van der Waals surface area contributed by atoms with Gasteiger partial charge in [0.1, 0.15) is 11.5 Å². The van der Waals surface area contributed by atoms with E-state index in [1.54, 1.807) is 16.8 Å². The van der Waals surface area contributed by atoms with Crippen molar-refractivity contribution in [3.63, 3.8) is 0 Å². The summed E-state index contributed by atoms with van der Waals surface area (Å²) in [6, 6.07) is 20.0. The number of Topliss-reactive ketones (excluding diaryl/α,β-unsaturated/α-hetero) is 1. The number of aryl methyl sites for hydroxylation is 1. The molecule has 9 rings (SSSR count). The Kier molecular flexibility index (Phi) is 4.53. The van der Waals surface area contributed by atoms with Gasteiger partial charge in [0.25, 0.3) is 5.91 Å². The Morgan fingerprint density at radius 1 is 0.786 bits per heavy atom. The minimum Gasteiger partial charge on any atom is -0.470 e. The van der Waals surface area contributed by atoms with Crippen molar-refractivity contribution >= 4 is 29.0 Å². The molecule has 2 spiro atoms. The molecular formula is C36H34N2O4. The van der Waals surface area contributed by atoms with Gasteiger partial charge in [-0.1, -0.05) is 43.3 Å². The van der Waals surface area contributed by atoms with Gasteiger partial charge in [-0.15, -0.1) is 0 Å². The van der Waals surface area contributed by atoms with E-state index in [0.717, 1.165) is 60.2 Å². The summed E-state index contributed by atoms with van der Waals surface area (Å²) in [6.07, 6.45) is 5.57. The summed E-state index contributed by atoms with van der Waals surface area (Å²) in [5.41, 5.74) is 3.41. The van der Waals surface area contributed by atoms with Crippen molar-refractivity contribution in [1.29, 1.82) is 0 Å². The highest BCUT2D eigenvalue weighted by Gasteiger charge is 2.77. The van der Waals surface area contributed by atoms with Crippen LogP contribution in [0.5, 0.6) is 5.75 Å². The number of hydrogen-bond acceptors (Lipinski definition) is 4. The summed E-state index contributed by atoms with van der Waals surface area (Å²) in [6.45, 7) is 2.21. The largest absolute Gasteiger partial charge is 0.470 e. The van der Waals surface area contributed by atoms with Crippen molar-refractivity contribution in [2.75, 3.05) is 23.9 Å². The summed E-state index contributed by atoms with van der Waals surface area (Å²) in [5.74, 6) is 1.95. The van der Waals surface area contributed by atoms with Crippen molar-refractivity contribution in [3.8, 4) is 5.75 Å². The number of rotatable bonds is 0. The van der Waals surface area contributed by atoms with E-state index in [0.29, 0.717) is 35.7 Å². The Bertz CT molecular complexity index is 1780. The number of fused-ring (bicyclic) bond motifs is 12. The molecule has 6 heteroatoms. The molecule has 6 atom stereocenters. The third-order valence-corrected chi connectivity index (χ3v) is 12.3. The number of ketones is 1. The van der Waals surface area contributed by atoms with E-state index in [1.165, 1.54) is 11.1 Å². The summed E-state index contributed by atoms with van der Waals surface area (Å²) in [7, 11) is 3.59. The first-order valence-corrected chi connectivity index (χ1v) is 15.4. The Morgan fingerprint density at radius 3 is 2.26 bits per heavy atom. The lowest BCUT2D eigenvalue weighted by Gasteiger charge is -2.48. The normalized spacial score (nSPS) is 35.2. The molecule has 0 radical (unpaired) electrons. The summed E-state index contributed by atoms with van der Waals surface area (Å²) in [4.78, 5) is 45.8. The van der Waals surface area contributed by atoms with Crippen LogP contribution < -0.4 is 14.5 Å². The summed E-state index contributed by atoms with van der Waals surface area (Å²) >= 11 is 0. The second-order valence-electron chi connectivity index (χ2n) is 13.7. The SMILES string of the molecule is CN1C(=O)[C@]2(c3cc4c(cc3O[C@@]23C(=O)N(C)c2ccccc23)CC[C@@H]2[C@@H]4CC[C@]3(C)C(=O)CC[C@@H]23)c2ccccc21. The molecule has 3 aliphatic carbocycles. The number of para-hydroxylation sites is 2. The lowest BCUT2D eigenvalue weighted by atomic mass is 9.55. The predicted molar refractivity (Wildman–Crippen MR) is 159 cm³/mol. The smallest absolute Gasteiger partial charge is 0.277 e. The van der Waals surface area contributed by atoms with Crippen LogP contribution in [-0.4, -0.2) is 31.7 Å². The molecule has 2 fully saturated rings. The monoisotopic (exact) mass is 558 g/mol. The molecule has 2 amide bonds. The number of amides is 2. The Labute approximate surface area is 245 Å². The van der Waals surface area contributed by atoms with Crippen molar-refractivity contribution in [2.45, 2.75) is 62.4 Å². The Balaban J connectivity index is 1.31. The second kappa shape index (κ2) is 7.71. The van der Waals surface area contributed by atoms with Crippen molar-refractivity contribution in [1.82, 2.24) is 0 Å². The fourth-order valence-corrected chi connectivity index (χ4v) is 10.3. The minimum absolute atomic E-state index is 0.133. The molecule has 3 aliphatic heterocycles. The number of anilines is 2. The van der Waals surface area contributed by atoms with E-state index in [-0.39, 0.29) is 17.2 Å². The van der Waals surface area contributed by atoms with Gasteiger partial charge in [-0.25, -0.2) is 0 Å². The topological polar surface area (TPSA) is 66.9 Å². The third-order valence-electron chi connectivity index (χ3n) is 12.3. The van der Waals surface area contributed by atoms with E-state index in [4.69, 9.17) is 4.74 Å². The van der Waals surface area contributed by atoms with Crippen LogP contribution in [0.25, 0.3) is 0 Å². The van der Waals surface area contributed by atoms with Crippen LogP contribution in [0.1, 0.15) is 72.8 Å². The number of carbonyl (C=O) groups excluding carboxylic acids is 3. The lowest BCUT2D eigenvalue weighted by Crippen LogP contribution is -2.59. The van der Waals surface area contributed by atoms with Gasteiger partial charge >= 0.3 is 0 Å². The zero-order valence-corrected chi connectivity index (χ0v) is 24.3. The number of carbonyl (C=O) groups is 3. The van der Waals surface area contributed by atoms with Crippen molar-refractivity contribution in [3.05, 3.63) is 88.5 Å². The van der Waals surface area contributed by atoms with Crippen molar-refractivity contribution in [2.24, 2.45) is 17.3 Å². The molecule has 6 aliphatic rings. The first kappa shape index (κ1) is 24.6. The first-order valence-electron chi connectivity index (χ1n) is 15.4. The standard InChI is InChI=1S/C36H34N2O4/c1-34-17-16-21-22(24(34)14-15-31(34)39)13-12-20-18-30-27(19-23(20)21)35(25-8-4-6-10-28(25)37(2)32(35)40)36(42-30)26-9-5-7-11-29(26)38(3)33(36)41/h4-11,18-19,21-22,24H,12-17H2,1-3H3/t21-,22+,24-,34-,35+,36-/m0/s1. The van der Waals surface area contributed by atoms with Gasteiger partial charge in [-0.05, 0) is 85.3 Å². The van der Waals surface area contributed by atoms with Gasteiger partial charge in [0.05, 0.1) is 5.69 Å². The van der Waals surface area contributed by atoms with Gasteiger partial charge in [0, 0.05) is 48.3 Å². The number of ether oxygens (including phenoxy) is 1. The van der Waals surface area contributed by atoms with E-state index in [2.05, 4.69) is 19.1 Å². The molecule has 3 aromatic carbocycles. The van der Waals surface area contributed by atoms with Crippen molar-refractivity contribution < 1.29 is 19.1 Å². The molecule has 0 N–H and O–H groups in total. The molecule has 3 heterocycles. The second-order valence-corrected chi connectivity index (χ2v) is 13.7. The average Bonchev–Trinajstić information content (AvgIpc) is 3.63. The van der Waals surface area contributed by atoms with Crippen LogP contribution >= 0.6 is 0 Å². The quantitative estimate of drug-likeness (QED) is 0.358. The van der Waals surface area contributed by atoms with E-state index < -0.39 is 11.0 Å². The fraction of sp³-hybridized carbons (Fsp3) is 0.417. The average molecular weight is 559 g/mol. The number of likely N-dealkylation sites (N-methyl/N-ethyl adjacent to an activating group) is 2. The third kappa shape index (κ3) is 2.47. The van der Waals surface area contributed by atoms with Crippen LogP contribution in [0.15, 0.2) is 60.7 Å². The molecular weight excluding hydrogens is 524 g/mol. The maximum atomic E-state index is 14.9. The summed E-state index contributed by atoms with van der Waals surface area (Å²) in [5, 5.41) is 0. The van der Waals surface area contributed by atoms with E-state index >= 15 is 0 Å². The van der Waals surface area contributed by atoms with Gasteiger partial charge < -0.3 is 14.5 Å². The number of benzene rings is 3. The Hall–Kier alpha value is -3.93. The Morgan fingerprint density at radius 2 is 1.48 bits per heavy atom. The number of hydrogen-bond donors (Lipinski definition) is 0. The minimum atomic E-state index is -1.54. The van der Waals surface area contributed by atoms with Gasteiger partial charge in [0.2, 0.25) is 11.5 Å². The van der Waals surface area contributed by atoms with Crippen LogP contribution in [0, 0.1) is 17.3 Å². The molecule has 6 nitrogen and oxygen atoms in total. The molecule has 42 heavy (non-hydrogen) atoms. The van der Waals surface area contributed by atoms with E-state index in [9.17, 15) is 14.4 Å². The van der Waals surface area contributed by atoms with Gasteiger partial charge in [-0.3, -0.25) is 14.4 Å². The number of nitrogens with zero attached hydrogens (tertiary/aromatic N) is 2. The molecule has 212 valence electrons.